The maximum atomic E-state index is 12.4. The number of amides is 2. The van der Waals surface area contributed by atoms with Crippen LogP contribution in [0.2, 0.25) is 0 Å². The summed E-state index contributed by atoms with van der Waals surface area (Å²) in [5, 5.41) is 2.05. The minimum atomic E-state index is -3.90. The molecule has 19 heavy (non-hydrogen) atoms. The van der Waals surface area contributed by atoms with Crippen LogP contribution in [0.4, 0.5) is 0 Å². The predicted molar refractivity (Wildman–Crippen MR) is 66.2 cm³/mol. The molecule has 2 rings (SSSR count). The number of nitrogens with two attached hydrogens (primary N) is 1. The number of imide groups is 1. The van der Waals surface area contributed by atoms with E-state index in [2.05, 4.69) is 5.32 Å². The number of carbonyl (C=O) groups excluding carboxylic acids is 2. The maximum absolute atomic E-state index is 12.4. The summed E-state index contributed by atoms with van der Waals surface area (Å²) in [5.74, 6) is -1.27. The molecule has 1 aliphatic heterocycles. The number of hydrogen-bond acceptors (Lipinski definition) is 5. The second kappa shape index (κ2) is 5.08. The first kappa shape index (κ1) is 13.7. The number of benzene rings is 1. The Morgan fingerprint density at radius 2 is 1.74 bits per heavy atom. The van der Waals surface area contributed by atoms with Crippen LogP contribution in [0.15, 0.2) is 29.2 Å². The SMILES string of the molecule is NCc1ccccc1S(=O)(=O)N1CC(=O)NC(=O)C1. The van der Waals surface area contributed by atoms with Gasteiger partial charge in [-0.2, -0.15) is 4.31 Å². The Labute approximate surface area is 110 Å². The van der Waals surface area contributed by atoms with Crippen molar-refractivity contribution >= 4 is 21.8 Å². The van der Waals surface area contributed by atoms with Crippen molar-refractivity contribution in [2.75, 3.05) is 13.1 Å². The summed E-state index contributed by atoms with van der Waals surface area (Å²) >= 11 is 0. The van der Waals surface area contributed by atoms with Crippen LogP contribution in [0.1, 0.15) is 5.56 Å². The maximum Gasteiger partial charge on any atom is 0.244 e. The number of rotatable bonds is 3. The lowest BCUT2D eigenvalue weighted by Crippen LogP contribution is -2.53. The molecular weight excluding hydrogens is 270 g/mol. The van der Waals surface area contributed by atoms with E-state index in [9.17, 15) is 18.0 Å². The van der Waals surface area contributed by atoms with Crippen LogP contribution in [-0.4, -0.2) is 37.6 Å². The largest absolute Gasteiger partial charge is 0.326 e. The van der Waals surface area contributed by atoms with Crippen molar-refractivity contribution in [2.45, 2.75) is 11.4 Å². The fourth-order valence-corrected chi connectivity index (χ4v) is 3.43. The molecule has 0 atom stereocenters. The monoisotopic (exact) mass is 283 g/mol. The molecule has 1 aromatic rings. The Balaban J connectivity index is 2.42. The van der Waals surface area contributed by atoms with Gasteiger partial charge in [-0.15, -0.1) is 0 Å². The zero-order valence-electron chi connectivity index (χ0n) is 10.00. The Hall–Kier alpha value is -1.77. The van der Waals surface area contributed by atoms with Crippen LogP contribution in [0.3, 0.4) is 0 Å². The molecule has 7 nitrogen and oxygen atoms in total. The third kappa shape index (κ3) is 2.65. The smallest absolute Gasteiger partial charge is 0.244 e. The number of hydrogen-bond donors (Lipinski definition) is 2. The topological polar surface area (TPSA) is 110 Å². The van der Waals surface area contributed by atoms with Crippen LogP contribution < -0.4 is 11.1 Å². The lowest BCUT2D eigenvalue weighted by atomic mass is 10.2. The highest BCUT2D eigenvalue weighted by atomic mass is 32.2. The molecule has 0 aromatic heterocycles. The average molecular weight is 283 g/mol. The minimum Gasteiger partial charge on any atom is -0.326 e. The minimum absolute atomic E-state index is 0.0278. The molecule has 1 saturated heterocycles. The van der Waals surface area contributed by atoms with Crippen molar-refractivity contribution in [1.29, 1.82) is 0 Å². The molecule has 0 aliphatic carbocycles. The number of carbonyl (C=O) groups is 2. The van der Waals surface area contributed by atoms with Gasteiger partial charge in [0, 0.05) is 6.54 Å². The Bertz CT molecular complexity index is 611. The standard InChI is InChI=1S/C11H13N3O4S/c12-5-8-3-1-2-4-9(8)19(17,18)14-6-10(15)13-11(16)7-14/h1-4H,5-7,12H2,(H,13,15,16). The van der Waals surface area contributed by atoms with Gasteiger partial charge in [0.05, 0.1) is 18.0 Å². The molecule has 1 aliphatic rings. The van der Waals surface area contributed by atoms with E-state index in [1.807, 2.05) is 0 Å². The van der Waals surface area contributed by atoms with Gasteiger partial charge >= 0.3 is 0 Å². The molecule has 8 heteroatoms. The van der Waals surface area contributed by atoms with E-state index in [-0.39, 0.29) is 24.5 Å². The molecule has 1 fully saturated rings. The van der Waals surface area contributed by atoms with Gasteiger partial charge in [-0.25, -0.2) is 8.42 Å². The second-order valence-corrected chi connectivity index (χ2v) is 5.96. The fourth-order valence-electron chi connectivity index (χ4n) is 1.84. The highest BCUT2D eigenvalue weighted by molar-refractivity contribution is 7.89. The van der Waals surface area contributed by atoms with E-state index in [4.69, 9.17) is 5.73 Å². The van der Waals surface area contributed by atoms with Crippen molar-refractivity contribution in [1.82, 2.24) is 9.62 Å². The van der Waals surface area contributed by atoms with Crippen LogP contribution >= 0.6 is 0 Å². The molecular formula is C11H13N3O4S. The fraction of sp³-hybridized carbons (Fsp3) is 0.273. The van der Waals surface area contributed by atoms with Gasteiger partial charge in [0.15, 0.2) is 0 Å². The summed E-state index contributed by atoms with van der Waals surface area (Å²) in [6.07, 6.45) is 0. The lowest BCUT2D eigenvalue weighted by Gasteiger charge is -2.25. The van der Waals surface area contributed by atoms with E-state index in [0.29, 0.717) is 5.56 Å². The molecule has 0 bridgehead atoms. The molecule has 2 amide bonds. The summed E-state index contributed by atoms with van der Waals surface area (Å²) in [5.41, 5.74) is 5.95. The molecule has 0 radical (unpaired) electrons. The first-order valence-corrected chi connectivity index (χ1v) is 7.00. The average Bonchev–Trinajstić information content (AvgIpc) is 2.37. The Morgan fingerprint density at radius 3 is 2.32 bits per heavy atom. The van der Waals surface area contributed by atoms with Gasteiger partial charge < -0.3 is 5.73 Å². The predicted octanol–water partition coefficient (Wildman–Crippen LogP) is -1.21. The first-order valence-electron chi connectivity index (χ1n) is 5.56. The highest BCUT2D eigenvalue weighted by Gasteiger charge is 2.33. The van der Waals surface area contributed by atoms with Gasteiger partial charge in [-0.3, -0.25) is 14.9 Å². The second-order valence-electron chi connectivity index (χ2n) is 4.06. The zero-order chi connectivity index (χ0) is 14.0. The summed E-state index contributed by atoms with van der Waals surface area (Å²) < 4.78 is 25.6. The van der Waals surface area contributed by atoms with Crippen molar-refractivity contribution in [3.05, 3.63) is 29.8 Å². The molecule has 0 saturated carbocycles. The molecule has 0 unspecified atom stereocenters. The number of nitrogens with one attached hydrogen (secondary N) is 1. The molecule has 102 valence electrons. The van der Waals surface area contributed by atoms with Crippen molar-refractivity contribution in [2.24, 2.45) is 5.73 Å². The summed E-state index contributed by atoms with van der Waals surface area (Å²) in [4.78, 5) is 22.5. The molecule has 1 heterocycles. The van der Waals surface area contributed by atoms with Gasteiger partial charge in [0.1, 0.15) is 0 Å². The van der Waals surface area contributed by atoms with Crippen molar-refractivity contribution < 1.29 is 18.0 Å². The lowest BCUT2D eigenvalue weighted by molar-refractivity contribution is -0.134. The normalized spacial score (nSPS) is 17.3. The Morgan fingerprint density at radius 1 is 1.16 bits per heavy atom. The third-order valence-corrected chi connectivity index (χ3v) is 4.62. The molecule has 0 spiro atoms. The van der Waals surface area contributed by atoms with E-state index in [1.54, 1.807) is 18.2 Å². The zero-order valence-corrected chi connectivity index (χ0v) is 10.8. The molecule has 1 aromatic carbocycles. The number of nitrogens with zero attached hydrogens (tertiary/aromatic N) is 1. The van der Waals surface area contributed by atoms with Gasteiger partial charge in [0.25, 0.3) is 0 Å². The van der Waals surface area contributed by atoms with E-state index in [0.717, 1.165) is 4.31 Å². The number of piperazine rings is 1. The summed E-state index contributed by atoms with van der Waals surface area (Å²) in [6, 6.07) is 6.25. The quantitative estimate of drug-likeness (QED) is 0.677. The van der Waals surface area contributed by atoms with E-state index < -0.39 is 21.8 Å². The van der Waals surface area contributed by atoms with Crippen LogP contribution in [0, 0.1) is 0 Å². The number of sulfonamides is 1. The van der Waals surface area contributed by atoms with Gasteiger partial charge in [-0.1, -0.05) is 18.2 Å². The van der Waals surface area contributed by atoms with Crippen molar-refractivity contribution in [3.63, 3.8) is 0 Å². The van der Waals surface area contributed by atoms with Crippen LogP contribution in [0.5, 0.6) is 0 Å². The van der Waals surface area contributed by atoms with E-state index in [1.165, 1.54) is 6.07 Å². The Kier molecular flexibility index (Phi) is 3.65. The van der Waals surface area contributed by atoms with Gasteiger partial charge in [0.2, 0.25) is 21.8 Å². The molecule has 3 N–H and O–H groups in total. The third-order valence-electron chi connectivity index (χ3n) is 2.73. The van der Waals surface area contributed by atoms with Crippen molar-refractivity contribution in [3.8, 4) is 0 Å². The van der Waals surface area contributed by atoms with Crippen LogP contribution in [0.25, 0.3) is 0 Å². The van der Waals surface area contributed by atoms with Crippen LogP contribution in [-0.2, 0) is 26.2 Å². The summed E-state index contributed by atoms with van der Waals surface area (Å²) in [6.45, 7) is -0.677. The summed E-state index contributed by atoms with van der Waals surface area (Å²) in [7, 11) is -3.90. The van der Waals surface area contributed by atoms with Gasteiger partial charge in [-0.05, 0) is 11.6 Å². The first-order chi connectivity index (χ1) is 8.95. The van der Waals surface area contributed by atoms with E-state index >= 15 is 0 Å². The highest BCUT2D eigenvalue weighted by Crippen LogP contribution is 2.20.